The summed E-state index contributed by atoms with van der Waals surface area (Å²) in [5, 5.41) is 3.74. The van der Waals surface area contributed by atoms with Gasteiger partial charge in [0, 0.05) is 12.1 Å². The van der Waals surface area contributed by atoms with Gasteiger partial charge in [0.05, 0.1) is 0 Å². The van der Waals surface area contributed by atoms with Gasteiger partial charge >= 0.3 is 0 Å². The minimum absolute atomic E-state index is 0.264. The number of benzene rings is 1. The van der Waals surface area contributed by atoms with Gasteiger partial charge in [-0.05, 0) is 17.7 Å². The molecule has 2 aromatic rings. The first-order valence-electron chi connectivity index (χ1n) is 4.20. The lowest BCUT2D eigenvalue weighted by Crippen LogP contribution is -1.97. The van der Waals surface area contributed by atoms with E-state index in [-0.39, 0.29) is 5.82 Å². The van der Waals surface area contributed by atoms with E-state index in [9.17, 15) is 4.39 Å². The summed E-state index contributed by atoms with van der Waals surface area (Å²) in [6.45, 7) is 0.309. The van der Waals surface area contributed by atoms with Crippen molar-refractivity contribution in [3.8, 4) is 11.1 Å². The Labute approximate surface area is 80.3 Å². The highest BCUT2D eigenvalue weighted by Crippen LogP contribution is 2.22. The van der Waals surface area contributed by atoms with Crippen LogP contribution < -0.4 is 5.73 Å². The SMILES string of the molecule is NCc1nocc1-c1ccc(F)cc1. The average molecular weight is 192 g/mol. The molecule has 72 valence electrons. The zero-order valence-electron chi connectivity index (χ0n) is 7.40. The van der Waals surface area contributed by atoms with Crippen molar-refractivity contribution in [2.75, 3.05) is 0 Å². The van der Waals surface area contributed by atoms with Crippen molar-refractivity contribution in [3.63, 3.8) is 0 Å². The number of hydrogen-bond acceptors (Lipinski definition) is 3. The van der Waals surface area contributed by atoms with Crippen LogP contribution in [0.1, 0.15) is 5.69 Å². The van der Waals surface area contributed by atoms with E-state index < -0.39 is 0 Å². The molecule has 0 aliphatic rings. The normalized spacial score (nSPS) is 10.4. The van der Waals surface area contributed by atoms with Crippen molar-refractivity contribution in [3.05, 3.63) is 42.0 Å². The maximum absolute atomic E-state index is 12.6. The third kappa shape index (κ3) is 1.52. The number of nitrogens with zero attached hydrogens (tertiary/aromatic N) is 1. The minimum Gasteiger partial charge on any atom is -0.364 e. The predicted octanol–water partition coefficient (Wildman–Crippen LogP) is 1.94. The van der Waals surface area contributed by atoms with Crippen LogP contribution in [0.5, 0.6) is 0 Å². The van der Waals surface area contributed by atoms with E-state index in [1.165, 1.54) is 18.4 Å². The molecule has 0 bridgehead atoms. The lowest BCUT2D eigenvalue weighted by Gasteiger charge is -1.98. The summed E-state index contributed by atoms with van der Waals surface area (Å²) in [4.78, 5) is 0. The summed E-state index contributed by atoms with van der Waals surface area (Å²) < 4.78 is 17.4. The van der Waals surface area contributed by atoms with Crippen LogP contribution in [0.3, 0.4) is 0 Å². The Hall–Kier alpha value is -1.68. The molecule has 0 saturated heterocycles. The molecule has 0 fully saturated rings. The van der Waals surface area contributed by atoms with Crippen molar-refractivity contribution in [2.24, 2.45) is 5.73 Å². The van der Waals surface area contributed by atoms with Crippen molar-refractivity contribution in [1.82, 2.24) is 5.16 Å². The molecule has 0 amide bonds. The highest BCUT2D eigenvalue weighted by molar-refractivity contribution is 5.64. The van der Waals surface area contributed by atoms with Gasteiger partial charge in [-0.15, -0.1) is 0 Å². The van der Waals surface area contributed by atoms with Crippen molar-refractivity contribution in [2.45, 2.75) is 6.54 Å². The summed E-state index contributed by atoms with van der Waals surface area (Å²) in [5.41, 5.74) is 7.81. The van der Waals surface area contributed by atoms with E-state index in [0.29, 0.717) is 12.2 Å². The molecule has 14 heavy (non-hydrogen) atoms. The predicted molar refractivity (Wildman–Crippen MR) is 49.8 cm³/mol. The average Bonchev–Trinajstić information content (AvgIpc) is 2.67. The van der Waals surface area contributed by atoms with E-state index >= 15 is 0 Å². The van der Waals surface area contributed by atoms with Gasteiger partial charge in [-0.25, -0.2) is 4.39 Å². The van der Waals surface area contributed by atoms with Gasteiger partial charge in [0.25, 0.3) is 0 Å². The van der Waals surface area contributed by atoms with Gasteiger partial charge in [0.15, 0.2) is 0 Å². The van der Waals surface area contributed by atoms with Crippen LogP contribution in [0, 0.1) is 5.82 Å². The molecular formula is C10H9FN2O. The van der Waals surface area contributed by atoms with E-state index in [2.05, 4.69) is 5.16 Å². The zero-order valence-corrected chi connectivity index (χ0v) is 7.40. The molecule has 0 aliphatic carbocycles. The Morgan fingerprint density at radius 3 is 2.64 bits per heavy atom. The van der Waals surface area contributed by atoms with E-state index in [1.54, 1.807) is 12.1 Å². The summed E-state index contributed by atoms with van der Waals surface area (Å²) in [6, 6.07) is 6.12. The Morgan fingerprint density at radius 2 is 2.00 bits per heavy atom. The second-order valence-corrected chi connectivity index (χ2v) is 2.89. The van der Waals surface area contributed by atoms with Gasteiger partial charge in [-0.2, -0.15) is 0 Å². The van der Waals surface area contributed by atoms with Gasteiger partial charge in [-0.3, -0.25) is 0 Å². The van der Waals surface area contributed by atoms with Crippen LogP contribution in [0.4, 0.5) is 4.39 Å². The van der Waals surface area contributed by atoms with Crippen LogP contribution >= 0.6 is 0 Å². The van der Waals surface area contributed by atoms with Crippen LogP contribution in [0.25, 0.3) is 11.1 Å². The first kappa shape index (κ1) is 8.90. The molecule has 0 unspecified atom stereocenters. The Morgan fingerprint density at radius 1 is 1.29 bits per heavy atom. The largest absolute Gasteiger partial charge is 0.364 e. The van der Waals surface area contributed by atoms with E-state index in [1.807, 2.05) is 0 Å². The lowest BCUT2D eigenvalue weighted by molar-refractivity contribution is 0.412. The van der Waals surface area contributed by atoms with Gasteiger partial charge < -0.3 is 10.3 Å². The second-order valence-electron chi connectivity index (χ2n) is 2.89. The highest BCUT2D eigenvalue weighted by Gasteiger charge is 2.07. The van der Waals surface area contributed by atoms with E-state index in [4.69, 9.17) is 10.3 Å². The fourth-order valence-corrected chi connectivity index (χ4v) is 1.27. The Bertz CT molecular complexity index is 422. The van der Waals surface area contributed by atoms with Gasteiger partial charge in [-0.1, -0.05) is 17.3 Å². The summed E-state index contributed by atoms with van der Waals surface area (Å²) in [6.07, 6.45) is 1.51. The standard InChI is InChI=1S/C10H9FN2O/c11-8-3-1-7(2-4-8)9-6-14-13-10(9)5-12/h1-4,6H,5,12H2. The fourth-order valence-electron chi connectivity index (χ4n) is 1.27. The molecule has 1 heterocycles. The first-order valence-corrected chi connectivity index (χ1v) is 4.20. The van der Waals surface area contributed by atoms with Crippen molar-refractivity contribution in [1.29, 1.82) is 0 Å². The quantitative estimate of drug-likeness (QED) is 0.791. The molecular weight excluding hydrogens is 183 g/mol. The molecule has 1 aromatic carbocycles. The van der Waals surface area contributed by atoms with Gasteiger partial charge in [0.1, 0.15) is 17.8 Å². The smallest absolute Gasteiger partial charge is 0.131 e. The molecule has 3 nitrogen and oxygen atoms in total. The van der Waals surface area contributed by atoms with Gasteiger partial charge in [0.2, 0.25) is 0 Å². The molecule has 2 rings (SSSR count). The molecule has 0 saturated carbocycles. The highest BCUT2D eigenvalue weighted by atomic mass is 19.1. The van der Waals surface area contributed by atoms with Crippen LogP contribution in [-0.2, 0) is 6.54 Å². The van der Waals surface area contributed by atoms with E-state index in [0.717, 1.165) is 11.1 Å². The number of halogens is 1. The molecule has 4 heteroatoms. The Balaban J connectivity index is 2.44. The van der Waals surface area contributed by atoms with Crippen LogP contribution in [-0.4, -0.2) is 5.16 Å². The minimum atomic E-state index is -0.264. The van der Waals surface area contributed by atoms with Crippen LogP contribution in [0.2, 0.25) is 0 Å². The molecule has 0 spiro atoms. The second kappa shape index (κ2) is 3.59. The topological polar surface area (TPSA) is 52.0 Å². The molecule has 2 N–H and O–H groups in total. The van der Waals surface area contributed by atoms with Crippen molar-refractivity contribution < 1.29 is 8.91 Å². The molecule has 0 radical (unpaired) electrons. The monoisotopic (exact) mass is 192 g/mol. The first-order chi connectivity index (χ1) is 6.81. The molecule has 0 aliphatic heterocycles. The number of hydrogen-bond donors (Lipinski definition) is 1. The summed E-state index contributed by atoms with van der Waals surface area (Å²) in [5.74, 6) is -0.264. The summed E-state index contributed by atoms with van der Waals surface area (Å²) in [7, 11) is 0. The third-order valence-corrected chi connectivity index (χ3v) is 1.99. The zero-order chi connectivity index (χ0) is 9.97. The van der Waals surface area contributed by atoms with Crippen LogP contribution in [0.15, 0.2) is 35.1 Å². The lowest BCUT2D eigenvalue weighted by atomic mass is 10.1. The number of aromatic nitrogens is 1. The molecule has 0 atom stereocenters. The maximum Gasteiger partial charge on any atom is 0.131 e. The maximum atomic E-state index is 12.6. The molecule has 1 aromatic heterocycles. The van der Waals surface area contributed by atoms with Crippen molar-refractivity contribution >= 4 is 0 Å². The third-order valence-electron chi connectivity index (χ3n) is 1.99. The number of rotatable bonds is 2. The number of nitrogens with two attached hydrogens (primary N) is 1. The summed E-state index contributed by atoms with van der Waals surface area (Å²) >= 11 is 0. The Kier molecular flexibility index (Phi) is 2.28. The fraction of sp³-hybridized carbons (Fsp3) is 0.100.